The number of hydrogen-bond donors (Lipinski definition) is 1. The van der Waals surface area contributed by atoms with E-state index >= 15 is 0 Å². The van der Waals surface area contributed by atoms with Gasteiger partial charge in [-0.2, -0.15) is 0 Å². The molecule has 78 valence electrons. The number of nitrogens with two attached hydrogens (primary N) is 1. The summed E-state index contributed by atoms with van der Waals surface area (Å²) in [5.74, 6) is -0.0381. The molecule has 2 N–H and O–H groups in total. The summed E-state index contributed by atoms with van der Waals surface area (Å²) >= 11 is 2.15. The number of rotatable bonds is 1. The maximum atomic E-state index is 11.0. The number of halogens is 1. The second-order valence-electron chi connectivity index (χ2n) is 3.15. The van der Waals surface area contributed by atoms with Crippen LogP contribution in [0.2, 0.25) is 0 Å². The van der Waals surface area contributed by atoms with Crippen molar-refractivity contribution in [2.45, 2.75) is 31.7 Å². The van der Waals surface area contributed by atoms with Crippen LogP contribution in [0.5, 0.6) is 0 Å². The van der Waals surface area contributed by atoms with Gasteiger partial charge in [0.15, 0.2) is 0 Å². The third kappa shape index (κ3) is 4.81. The fourth-order valence-corrected chi connectivity index (χ4v) is 1.61. The molecule has 2 atom stereocenters. The summed E-state index contributed by atoms with van der Waals surface area (Å²) in [5.41, 5.74) is 5.71. The predicted molar refractivity (Wildman–Crippen MR) is 61.9 cm³/mol. The van der Waals surface area contributed by atoms with Crippen LogP contribution < -0.4 is 5.73 Å². The number of ether oxygens (including phenoxy) is 1. The smallest absolute Gasteiger partial charge is 0.308 e. The van der Waals surface area contributed by atoms with Gasteiger partial charge >= 0.3 is 5.97 Å². The van der Waals surface area contributed by atoms with Gasteiger partial charge in [0.2, 0.25) is 0 Å². The average Bonchev–Trinajstić information content (AvgIpc) is 2.20. The highest BCUT2D eigenvalue weighted by molar-refractivity contribution is 14.1. The lowest BCUT2D eigenvalue weighted by molar-refractivity contribution is -0.146. The molecule has 0 radical (unpaired) electrons. The summed E-state index contributed by atoms with van der Waals surface area (Å²) < 4.78 is 4.64. The van der Waals surface area contributed by atoms with Crippen LogP contribution >= 0.6 is 22.6 Å². The van der Waals surface area contributed by atoms with Crippen LogP contribution in [0.3, 0.4) is 0 Å². The first-order valence-electron chi connectivity index (χ1n) is 4.45. The first-order chi connectivity index (χ1) is 6.24. The minimum absolute atomic E-state index is 0.0590. The van der Waals surface area contributed by atoms with Crippen molar-refractivity contribution in [2.75, 3.05) is 12.0 Å². The molecule has 0 bridgehead atoms. The Morgan fingerprint density at radius 2 is 2.08 bits per heavy atom. The average molecular weight is 299 g/mol. The molecule has 0 heterocycles. The second-order valence-corrected chi connectivity index (χ2v) is 3.15. The van der Waals surface area contributed by atoms with Crippen molar-refractivity contribution in [2.24, 2.45) is 11.7 Å². The highest BCUT2D eigenvalue weighted by Gasteiger charge is 2.25. The standard InChI is InChI=1S/C8H15NO2.CH3I/c1-11-8(10)6-3-2-4-7(9)5-6;1-2/h6-7H,2-5,9H2,1H3;1H3. The zero-order valence-electron chi connectivity index (χ0n) is 8.25. The minimum atomic E-state index is -0.0971. The van der Waals surface area contributed by atoms with Crippen molar-refractivity contribution in [1.29, 1.82) is 0 Å². The van der Waals surface area contributed by atoms with E-state index in [9.17, 15) is 4.79 Å². The summed E-state index contributed by atoms with van der Waals surface area (Å²) in [5, 5.41) is 0. The molecule has 0 amide bonds. The summed E-state index contributed by atoms with van der Waals surface area (Å²) in [6, 6.07) is 0.202. The number of carbonyl (C=O) groups is 1. The van der Waals surface area contributed by atoms with E-state index in [-0.39, 0.29) is 17.9 Å². The molecule has 0 aromatic carbocycles. The Morgan fingerprint density at radius 3 is 2.54 bits per heavy atom. The zero-order chi connectivity index (χ0) is 10.3. The highest BCUT2D eigenvalue weighted by Crippen LogP contribution is 2.23. The molecule has 1 aliphatic rings. The van der Waals surface area contributed by atoms with E-state index in [4.69, 9.17) is 5.73 Å². The van der Waals surface area contributed by atoms with Gasteiger partial charge in [-0.3, -0.25) is 4.79 Å². The molecule has 3 nitrogen and oxygen atoms in total. The van der Waals surface area contributed by atoms with Crippen LogP contribution in [0, 0.1) is 5.92 Å². The summed E-state index contributed by atoms with van der Waals surface area (Å²) in [6.45, 7) is 0. The molecule has 13 heavy (non-hydrogen) atoms. The molecule has 0 saturated heterocycles. The molecular formula is C9H18INO2. The number of alkyl halides is 1. The van der Waals surface area contributed by atoms with Crippen LogP contribution in [0.4, 0.5) is 0 Å². The molecule has 0 spiro atoms. The highest BCUT2D eigenvalue weighted by atomic mass is 127. The van der Waals surface area contributed by atoms with E-state index in [1.165, 1.54) is 7.11 Å². The topological polar surface area (TPSA) is 52.3 Å². The third-order valence-electron chi connectivity index (χ3n) is 2.25. The Morgan fingerprint density at radius 1 is 1.46 bits per heavy atom. The minimum Gasteiger partial charge on any atom is -0.469 e. The number of methoxy groups -OCH3 is 1. The fourth-order valence-electron chi connectivity index (χ4n) is 1.61. The number of carbonyl (C=O) groups excluding carboxylic acids is 1. The number of hydrogen-bond acceptors (Lipinski definition) is 3. The monoisotopic (exact) mass is 299 g/mol. The quantitative estimate of drug-likeness (QED) is 0.456. The molecule has 0 aromatic rings. The van der Waals surface area contributed by atoms with E-state index in [0.29, 0.717) is 0 Å². The lowest BCUT2D eigenvalue weighted by atomic mass is 9.86. The van der Waals surface area contributed by atoms with Gasteiger partial charge in [-0.1, -0.05) is 29.0 Å². The van der Waals surface area contributed by atoms with E-state index in [1.807, 2.05) is 4.93 Å². The molecule has 0 aromatic heterocycles. The Labute approximate surface area is 93.5 Å². The lowest BCUT2D eigenvalue weighted by Crippen LogP contribution is -2.32. The van der Waals surface area contributed by atoms with Crippen molar-refractivity contribution >= 4 is 28.6 Å². The Bertz CT molecular complexity index is 153. The van der Waals surface area contributed by atoms with Crippen LogP contribution in [0.15, 0.2) is 0 Å². The van der Waals surface area contributed by atoms with Crippen molar-refractivity contribution in [1.82, 2.24) is 0 Å². The Balaban J connectivity index is 0.000000671. The Kier molecular flexibility index (Phi) is 7.65. The first kappa shape index (κ1) is 13.2. The van der Waals surface area contributed by atoms with E-state index < -0.39 is 0 Å². The van der Waals surface area contributed by atoms with Gasteiger partial charge in [-0.05, 0) is 24.2 Å². The zero-order valence-corrected chi connectivity index (χ0v) is 10.4. The van der Waals surface area contributed by atoms with Gasteiger partial charge in [-0.25, -0.2) is 0 Å². The summed E-state index contributed by atoms with van der Waals surface area (Å²) in [7, 11) is 1.43. The normalized spacial score (nSPS) is 27.1. The molecule has 1 aliphatic carbocycles. The summed E-state index contributed by atoms with van der Waals surface area (Å²) in [6.07, 6.45) is 3.85. The second kappa shape index (κ2) is 7.55. The molecule has 0 aliphatic heterocycles. The van der Waals surface area contributed by atoms with Crippen molar-refractivity contribution in [3.8, 4) is 0 Å². The van der Waals surface area contributed by atoms with Gasteiger partial charge in [0.1, 0.15) is 0 Å². The molecule has 4 heteroatoms. The molecule has 1 saturated carbocycles. The van der Waals surface area contributed by atoms with Crippen LogP contribution in [0.25, 0.3) is 0 Å². The van der Waals surface area contributed by atoms with Crippen LogP contribution in [-0.2, 0) is 9.53 Å². The predicted octanol–water partition coefficient (Wildman–Crippen LogP) is 1.73. The molecule has 2 unspecified atom stereocenters. The van der Waals surface area contributed by atoms with Crippen LogP contribution in [-0.4, -0.2) is 24.1 Å². The molecule has 1 fully saturated rings. The number of esters is 1. The van der Waals surface area contributed by atoms with E-state index in [0.717, 1.165) is 25.7 Å². The third-order valence-corrected chi connectivity index (χ3v) is 2.25. The van der Waals surface area contributed by atoms with Gasteiger partial charge in [0.05, 0.1) is 13.0 Å². The first-order valence-corrected chi connectivity index (χ1v) is 6.61. The van der Waals surface area contributed by atoms with Gasteiger partial charge in [0, 0.05) is 6.04 Å². The molecular weight excluding hydrogens is 281 g/mol. The van der Waals surface area contributed by atoms with Crippen LogP contribution in [0.1, 0.15) is 25.7 Å². The van der Waals surface area contributed by atoms with Crippen molar-refractivity contribution in [3.63, 3.8) is 0 Å². The van der Waals surface area contributed by atoms with Crippen molar-refractivity contribution in [3.05, 3.63) is 0 Å². The summed E-state index contributed by atoms with van der Waals surface area (Å²) in [4.78, 5) is 13.0. The van der Waals surface area contributed by atoms with Gasteiger partial charge < -0.3 is 10.5 Å². The lowest BCUT2D eigenvalue weighted by Gasteiger charge is -2.24. The van der Waals surface area contributed by atoms with Gasteiger partial charge in [0.25, 0.3) is 0 Å². The fraction of sp³-hybridized carbons (Fsp3) is 0.889. The maximum Gasteiger partial charge on any atom is 0.308 e. The SMILES string of the molecule is CI.COC(=O)C1CCCC(N)C1. The maximum absolute atomic E-state index is 11.0. The van der Waals surface area contributed by atoms with Gasteiger partial charge in [-0.15, -0.1) is 0 Å². The van der Waals surface area contributed by atoms with E-state index in [2.05, 4.69) is 27.3 Å². The Hall–Kier alpha value is 0.160. The largest absolute Gasteiger partial charge is 0.469 e. The molecule has 1 rings (SSSR count). The van der Waals surface area contributed by atoms with Crippen molar-refractivity contribution < 1.29 is 9.53 Å². The van der Waals surface area contributed by atoms with E-state index in [1.54, 1.807) is 0 Å².